The quantitative estimate of drug-likeness (QED) is 0.472. The molecule has 70 valence electrons. The maximum Gasteiger partial charge on any atom is 0.229 e. The second kappa shape index (κ2) is 6.97. The van der Waals surface area contributed by atoms with E-state index in [-0.39, 0.29) is 11.8 Å². The van der Waals surface area contributed by atoms with Crippen LogP contribution in [0.3, 0.4) is 0 Å². The lowest BCUT2D eigenvalue weighted by molar-refractivity contribution is -0.120. The predicted molar refractivity (Wildman–Crippen MR) is 49.8 cm³/mol. The Hall–Kier alpha value is -0.710. The molecule has 0 aromatic carbocycles. The summed E-state index contributed by atoms with van der Waals surface area (Å²) < 4.78 is 0. The Bertz CT molecular complexity index is 143. The molecule has 0 saturated heterocycles. The molecule has 0 radical (unpaired) electrons. The van der Waals surface area contributed by atoms with Crippen molar-refractivity contribution in [3.8, 4) is 0 Å². The Kier molecular flexibility index (Phi) is 6.55. The third kappa shape index (κ3) is 6.03. The van der Waals surface area contributed by atoms with E-state index in [1.165, 1.54) is 11.8 Å². The molecular formula is C7H14N2O2S. The van der Waals surface area contributed by atoms with Crippen molar-refractivity contribution in [3.05, 3.63) is 0 Å². The third-order valence-electron chi connectivity index (χ3n) is 1.20. The van der Waals surface area contributed by atoms with Crippen molar-refractivity contribution in [1.29, 1.82) is 0 Å². The van der Waals surface area contributed by atoms with E-state index in [2.05, 4.69) is 10.6 Å². The van der Waals surface area contributed by atoms with Gasteiger partial charge in [-0.2, -0.15) is 0 Å². The Balaban J connectivity index is 3.21. The summed E-state index contributed by atoms with van der Waals surface area (Å²) in [5, 5.41) is 5.15. The van der Waals surface area contributed by atoms with Crippen LogP contribution in [0.4, 0.5) is 0 Å². The average molecular weight is 190 g/mol. The largest absolute Gasteiger partial charge is 0.358 e. The van der Waals surface area contributed by atoms with Crippen molar-refractivity contribution in [1.82, 2.24) is 10.6 Å². The molecule has 0 aliphatic heterocycles. The first-order valence-corrected chi connectivity index (χ1v) is 4.91. The predicted octanol–water partition coefficient (Wildman–Crippen LogP) is -0.0507. The molecule has 2 amide bonds. The molecule has 4 nitrogen and oxygen atoms in total. The van der Waals surface area contributed by atoms with E-state index in [1.807, 2.05) is 0 Å². The molecular weight excluding hydrogens is 176 g/mol. The van der Waals surface area contributed by atoms with E-state index in [9.17, 15) is 9.59 Å². The Morgan fingerprint density at radius 3 is 2.50 bits per heavy atom. The van der Waals surface area contributed by atoms with Gasteiger partial charge in [-0.05, 0) is 0 Å². The number of hydrogen-bond acceptors (Lipinski definition) is 3. The second-order valence-corrected chi connectivity index (χ2v) is 3.11. The van der Waals surface area contributed by atoms with Gasteiger partial charge in [0, 0.05) is 13.5 Å². The number of carbonyl (C=O) groups is 2. The standard InChI is InChI=1S/C7H14N2O2S/c1-3-6(10)9-5-12-4-7(11)8-2/h3-5H2,1-2H3,(H,8,11)(H,9,10). The molecule has 0 bridgehead atoms. The van der Waals surface area contributed by atoms with Gasteiger partial charge in [0.2, 0.25) is 11.8 Å². The van der Waals surface area contributed by atoms with Gasteiger partial charge >= 0.3 is 0 Å². The molecule has 5 heteroatoms. The van der Waals surface area contributed by atoms with Gasteiger partial charge in [0.25, 0.3) is 0 Å². The van der Waals surface area contributed by atoms with Crippen LogP contribution in [-0.4, -0.2) is 30.5 Å². The topological polar surface area (TPSA) is 58.2 Å². The van der Waals surface area contributed by atoms with E-state index in [0.717, 1.165) is 0 Å². The van der Waals surface area contributed by atoms with Crippen molar-refractivity contribution in [2.75, 3.05) is 18.7 Å². The van der Waals surface area contributed by atoms with Crippen molar-refractivity contribution >= 4 is 23.6 Å². The fourth-order valence-electron chi connectivity index (χ4n) is 0.472. The molecule has 0 atom stereocenters. The Labute approximate surface area is 76.5 Å². The number of hydrogen-bond donors (Lipinski definition) is 2. The highest BCUT2D eigenvalue weighted by Crippen LogP contribution is 1.95. The van der Waals surface area contributed by atoms with Crippen LogP contribution in [-0.2, 0) is 9.59 Å². The molecule has 0 aliphatic rings. The first-order chi connectivity index (χ1) is 5.70. The van der Waals surface area contributed by atoms with Gasteiger partial charge in [-0.15, -0.1) is 11.8 Å². The molecule has 0 spiro atoms. The van der Waals surface area contributed by atoms with Crippen LogP contribution >= 0.6 is 11.8 Å². The summed E-state index contributed by atoms with van der Waals surface area (Å²) in [6.45, 7) is 1.79. The van der Waals surface area contributed by atoms with Crippen molar-refractivity contribution < 1.29 is 9.59 Å². The summed E-state index contributed by atoms with van der Waals surface area (Å²) >= 11 is 1.39. The van der Waals surface area contributed by atoms with Crippen molar-refractivity contribution in [2.45, 2.75) is 13.3 Å². The van der Waals surface area contributed by atoms with Gasteiger partial charge in [0.1, 0.15) is 0 Å². The van der Waals surface area contributed by atoms with E-state index in [0.29, 0.717) is 18.1 Å². The number of thioether (sulfide) groups is 1. The molecule has 0 saturated carbocycles. The highest BCUT2D eigenvalue weighted by Gasteiger charge is 1.98. The SMILES string of the molecule is CCC(=O)NCSCC(=O)NC. The summed E-state index contributed by atoms with van der Waals surface area (Å²) in [5.74, 6) is 0.880. The minimum atomic E-state index is -0.0225. The molecule has 0 heterocycles. The monoisotopic (exact) mass is 190 g/mol. The van der Waals surface area contributed by atoms with E-state index in [4.69, 9.17) is 0 Å². The fourth-order valence-corrected chi connectivity index (χ4v) is 1.17. The highest BCUT2D eigenvalue weighted by molar-refractivity contribution is 7.99. The van der Waals surface area contributed by atoms with Gasteiger partial charge in [-0.1, -0.05) is 6.92 Å². The van der Waals surface area contributed by atoms with E-state index in [1.54, 1.807) is 14.0 Å². The summed E-state index contributed by atoms with van der Waals surface area (Å²) in [7, 11) is 1.59. The molecule has 12 heavy (non-hydrogen) atoms. The number of rotatable bonds is 5. The van der Waals surface area contributed by atoms with Crippen LogP contribution in [0.2, 0.25) is 0 Å². The first-order valence-electron chi connectivity index (χ1n) is 3.75. The zero-order chi connectivity index (χ0) is 9.40. The summed E-state index contributed by atoms with van der Waals surface area (Å²) in [4.78, 5) is 21.4. The van der Waals surface area contributed by atoms with Gasteiger partial charge < -0.3 is 10.6 Å². The zero-order valence-electron chi connectivity index (χ0n) is 7.35. The lowest BCUT2D eigenvalue weighted by Crippen LogP contribution is -2.24. The highest BCUT2D eigenvalue weighted by atomic mass is 32.2. The molecule has 0 rings (SSSR count). The summed E-state index contributed by atoms with van der Waals surface area (Å²) in [6, 6.07) is 0. The van der Waals surface area contributed by atoms with Crippen LogP contribution < -0.4 is 10.6 Å². The van der Waals surface area contributed by atoms with Crippen LogP contribution in [0.25, 0.3) is 0 Å². The number of carbonyl (C=O) groups excluding carboxylic acids is 2. The average Bonchev–Trinajstić information content (AvgIpc) is 2.11. The lowest BCUT2D eigenvalue weighted by Gasteiger charge is -2.01. The van der Waals surface area contributed by atoms with Gasteiger partial charge in [-0.25, -0.2) is 0 Å². The maximum absolute atomic E-state index is 10.7. The van der Waals surface area contributed by atoms with Gasteiger partial charge in [-0.3, -0.25) is 9.59 Å². The molecule has 0 fully saturated rings. The summed E-state index contributed by atoms with van der Waals surface area (Å²) in [5.41, 5.74) is 0. The van der Waals surface area contributed by atoms with Crippen LogP contribution in [0, 0.1) is 0 Å². The molecule has 0 aromatic heterocycles. The minimum Gasteiger partial charge on any atom is -0.358 e. The minimum absolute atomic E-state index is 0.0133. The maximum atomic E-state index is 10.7. The van der Waals surface area contributed by atoms with E-state index < -0.39 is 0 Å². The van der Waals surface area contributed by atoms with Crippen LogP contribution in [0.15, 0.2) is 0 Å². The first kappa shape index (κ1) is 11.3. The molecule has 2 N–H and O–H groups in total. The normalized spacial score (nSPS) is 9.17. The third-order valence-corrected chi connectivity index (χ3v) is 2.02. The molecule has 0 aliphatic carbocycles. The number of nitrogens with one attached hydrogen (secondary N) is 2. The smallest absolute Gasteiger partial charge is 0.229 e. The van der Waals surface area contributed by atoms with Crippen molar-refractivity contribution in [3.63, 3.8) is 0 Å². The molecule has 0 unspecified atom stereocenters. The second-order valence-electron chi connectivity index (χ2n) is 2.12. The fraction of sp³-hybridized carbons (Fsp3) is 0.714. The zero-order valence-corrected chi connectivity index (χ0v) is 8.16. The number of amides is 2. The molecule has 0 aromatic rings. The Morgan fingerprint density at radius 1 is 1.33 bits per heavy atom. The van der Waals surface area contributed by atoms with Crippen LogP contribution in [0.5, 0.6) is 0 Å². The Morgan fingerprint density at radius 2 is 2.00 bits per heavy atom. The lowest BCUT2D eigenvalue weighted by atomic mass is 10.5. The van der Waals surface area contributed by atoms with Gasteiger partial charge in [0.05, 0.1) is 11.6 Å². The van der Waals surface area contributed by atoms with Gasteiger partial charge in [0.15, 0.2) is 0 Å². The van der Waals surface area contributed by atoms with Crippen LogP contribution in [0.1, 0.15) is 13.3 Å². The van der Waals surface area contributed by atoms with E-state index >= 15 is 0 Å². The summed E-state index contributed by atoms with van der Waals surface area (Å²) in [6.07, 6.45) is 0.487. The van der Waals surface area contributed by atoms with Crippen molar-refractivity contribution in [2.24, 2.45) is 0 Å².